The van der Waals surface area contributed by atoms with Crippen molar-refractivity contribution >= 4 is 46.4 Å². The van der Waals surface area contributed by atoms with Crippen molar-refractivity contribution in [1.29, 1.82) is 0 Å². The number of alkyl halides is 3. The van der Waals surface area contributed by atoms with Gasteiger partial charge in [-0.15, -0.1) is 0 Å². The summed E-state index contributed by atoms with van der Waals surface area (Å²) >= 11 is 22.9. The second kappa shape index (κ2) is 4.94. The van der Waals surface area contributed by atoms with Gasteiger partial charge in [0.25, 0.3) is 0 Å². The zero-order valence-electron chi connectivity index (χ0n) is 8.24. The maximum Gasteiger partial charge on any atom is 0.250 e. The lowest BCUT2D eigenvalue weighted by atomic mass is 10.2. The molecule has 0 amide bonds. The number of hydrogen-bond acceptors (Lipinski definition) is 3. The fraction of sp³-hybridized carbons (Fsp3) is 0.100. The number of nitrogens with zero attached hydrogens (tertiary/aromatic N) is 3. The average molecular weight is 309 g/mol. The van der Waals surface area contributed by atoms with E-state index >= 15 is 0 Å². The monoisotopic (exact) mass is 307 g/mol. The predicted molar refractivity (Wildman–Crippen MR) is 69.5 cm³/mol. The first-order valence-electron chi connectivity index (χ1n) is 4.49. The number of aromatic nitrogens is 3. The van der Waals surface area contributed by atoms with Crippen molar-refractivity contribution < 1.29 is 0 Å². The maximum absolute atomic E-state index is 5.79. The second-order valence-corrected chi connectivity index (χ2v) is 5.86. The Hall–Kier alpha value is -0.610. The van der Waals surface area contributed by atoms with Crippen LogP contribution in [0.25, 0.3) is 11.4 Å². The van der Waals surface area contributed by atoms with Crippen LogP contribution in [-0.4, -0.2) is 15.0 Å². The Kier molecular flexibility index (Phi) is 3.73. The third-order valence-corrected chi connectivity index (χ3v) is 2.69. The van der Waals surface area contributed by atoms with E-state index in [9.17, 15) is 0 Å². The lowest BCUT2D eigenvalue weighted by molar-refractivity contribution is 0.924. The van der Waals surface area contributed by atoms with Gasteiger partial charge in [0.05, 0.1) is 0 Å². The highest BCUT2D eigenvalue weighted by Gasteiger charge is 2.27. The highest BCUT2D eigenvalue weighted by Crippen LogP contribution is 2.35. The quantitative estimate of drug-likeness (QED) is 0.747. The molecule has 7 heteroatoms. The van der Waals surface area contributed by atoms with Crippen molar-refractivity contribution in [1.82, 2.24) is 15.0 Å². The van der Waals surface area contributed by atoms with E-state index in [0.717, 1.165) is 5.56 Å². The van der Waals surface area contributed by atoms with Crippen molar-refractivity contribution in [2.45, 2.75) is 3.79 Å². The third-order valence-electron chi connectivity index (χ3n) is 1.93. The summed E-state index contributed by atoms with van der Waals surface area (Å²) in [6, 6.07) is 7.02. The third kappa shape index (κ3) is 3.19. The van der Waals surface area contributed by atoms with E-state index in [1.165, 1.54) is 6.33 Å². The van der Waals surface area contributed by atoms with Crippen LogP contribution in [-0.2, 0) is 3.79 Å². The minimum atomic E-state index is -1.66. The molecule has 0 spiro atoms. The van der Waals surface area contributed by atoms with Gasteiger partial charge >= 0.3 is 0 Å². The molecule has 1 heterocycles. The van der Waals surface area contributed by atoms with Crippen LogP contribution in [0, 0.1) is 0 Å². The summed E-state index contributed by atoms with van der Waals surface area (Å²) in [6.45, 7) is 0. The minimum Gasteiger partial charge on any atom is -0.217 e. The van der Waals surface area contributed by atoms with E-state index in [-0.39, 0.29) is 5.82 Å². The standard InChI is InChI=1S/C10H5Cl4N3/c11-7-3-1-6(2-4-7)8-15-5-16-9(17-8)10(12,13)14/h1-5H. The van der Waals surface area contributed by atoms with E-state index in [2.05, 4.69) is 15.0 Å². The Labute approximate surface area is 118 Å². The Bertz CT molecular complexity index is 522. The fourth-order valence-electron chi connectivity index (χ4n) is 1.17. The lowest BCUT2D eigenvalue weighted by Crippen LogP contribution is -2.08. The van der Waals surface area contributed by atoms with Gasteiger partial charge in [0, 0.05) is 10.6 Å². The van der Waals surface area contributed by atoms with E-state index < -0.39 is 3.79 Å². The van der Waals surface area contributed by atoms with Crippen molar-refractivity contribution in [2.24, 2.45) is 0 Å². The molecule has 0 radical (unpaired) electrons. The second-order valence-electron chi connectivity index (χ2n) is 3.14. The van der Waals surface area contributed by atoms with Crippen molar-refractivity contribution in [3.05, 3.63) is 41.4 Å². The summed E-state index contributed by atoms with van der Waals surface area (Å²) in [6.07, 6.45) is 1.30. The number of rotatable bonds is 1. The van der Waals surface area contributed by atoms with Crippen LogP contribution in [0.15, 0.2) is 30.6 Å². The molecule has 0 saturated heterocycles. The topological polar surface area (TPSA) is 38.7 Å². The van der Waals surface area contributed by atoms with Crippen LogP contribution in [0.1, 0.15) is 5.82 Å². The van der Waals surface area contributed by atoms with Crippen LogP contribution in [0.4, 0.5) is 0 Å². The largest absolute Gasteiger partial charge is 0.250 e. The lowest BCUT2D eigenvalue weighted by Gasteiger charge is -2.09. The van der Waals surface area contributed by atoms with E-state index in [1.54, 1.807) is 24.3 Å². The molecule has 1 aromatic carbocycles. The zero-order chi connectivity index (χ0) is 12.5. The summed E-state index contributed by atoms with van der Waals surface area (Å²) < 4.78 is -1.66. The van der Waals surface area contributed by atoms with Crippen molar-refractivity contribution in [3.63, 3.8) is 0 Å². The molecule has 2 rings (SSSR count). The molecule has 0 aliphatic carbocycles. The summed E-state index contributed by atoms with van der Waals surface area (Å²) in [5.74, 6) is 0.514. The Morgan fingerprint density at radius 2 is 1.59 bits per heavy atom. The summed E-state index contributed by atoms with van der Waals surface area (Å²) in [7, 11) is 0. The zero-order valence-corrected chi connectivity index (χ0v) is 11.3. The van der Waals surface area contributed by atoms with Crippen LogP contribution < -0.4 is 0 Å². The molecule has 2 aromatic rings. The molecule has 0 aliphatic heterocycles. The van der Waals surface area contributed by atoms with Crippen LogP contribution in [0.3, 0.4) is 0 Å². The summed E-state index contributed by atoms with van der Waals surface area (Å²) in [5.41, 5.74) is 0.771. The highest BCUT2D eigenvalue weighted by molar-refractivity contribution is 6.66. The Balaban J connectivity index is 2.43. The van der Waals surface area contributed by atoms with E-state index in [1.807, 2.05) is 0 Å². The van der Waals surface area contributed by atoms with Gasteiger partial charge in [-0.05, 0) is 24.3 Å². The Morgan fingerprint density at radius 1 is 0.941 bits per heavy atom. The van der Waals surface area contributed by atoms with Gasteiger partial charge in [0.15, 0.2) is 11.6 Å². The van der Waals surface area contributed by atoms with Gasteiger partial charge in [-0.2, -0.15) is 0 Å². The average Bonchev–Trinajstić information content (AvgIpc) is 2.29. The molecule has 3 nitrogen and oxygen atoms in total. The highest BCUT2D eigenvalue weighted by atomic mass is 35.6. The smallest absolute Gasteiger partial charge is 0.217 e. The SMILES string of the molecule is Clc1ccc(-c2ncnc(C(Cl)(Cl)Cl)n2)cc1. The predicted octanol–water partition coefficient (Wildman–Crippen LogP) is 4.02. The van der Waals surface area contributed by atoms with Gasteiger partial charge in [-0.3, -0.25) is 0 Å². The minimum absolute atomic E-state index is 0.0856. The van der Waals surface area contributed by atoms with Gasteiger partial charge < -0.3 is 0 Å². The molecule has 0 fully saturated rings. The molecule has 0 unspecified atom stereocenters. The number of hydrogen-bond donors (Lipinski definition) is 0. The first-order valence-corrected chi connectivity index (χ1v) is 6.00. The number of benzene rings is 1. The first-order chi connectivity index (χ1) is 7.97. The maximum atomic E-state index is 5.79. The van der Waals surface area contributed by atoms with Crippen molar-refractivity contribution in [3.8, 4) is 11.4 Å². The summed E-state index contributed by atoms with van der Waals surface area (Å²) in [5, 5.41) is 0.629. The van der Waals surface area contributed by atoms with E-state index in [4.69, 9.17) is 46.4 Å². The van der Waals surface area contributed by atoms with Gasteiger partial charge in [0.2, 0.25) is 3.79 Å². The molecule has 88 valence electrons. The fourth-order valence-corrected chi connectivity index (χ4v) is 1.57. The number of halogens is 4. The van der Waals surface area contributed by atoms with Crippen LogP contribution >= 0.6 is 46.4 Å². The molecule has 1 aromatic heterocycles. The molecule has 0 aliphatic rings. The molecular weight excluding hydrogens is 304 g/mol. The molecule has 0 N–H and O–H groups in total. The first kappa shape index (κ1) is 12.8. The molecule has 0 saturated carbocycles. The summed E-state index contributed by atoms with van der Waals surface area (Å²) in [4.78, 5) is 11.9. The van der Waals surface area contributed by atoms with Gasteiger partial charge in [-0.25, -0.2) is 15.0 Å². The van der Waals surface area contributed by atoms with Crippen molar-refractivity contribution in [2.75, 3.05) is 0 Å². The molecule has 0 atom stereocenters. The molecule has 0 bridgehead atoms. The normalized spacial score (nSPS) is 11.5. The van der Waals surface area contributed by atoms with Crippen LogP contribution in [0.5, 0.6) is 0 Å². The molecule has 17 heavy (non-hydrogen) atoms. The van der Waals surface area contributed by atoms with E-state index in [0.29, 0.717) is 10.8 Å². The van der Waals surface area contributed by atoms with Gasteiger partial charge in [0.1, 0.15) is 6.33 Å². The molecular formula is C10H5Cl4N3. The van der Waals surface area contributed by atoms with Gasteiger partial charge in [-0.1, -0.05) is 46.4 Å². The Morgan fingerprint density at radius 3 is 2.18 bits per heavy atom. The van der Waals surface area contributed by atoms with Crippen LogP contribution in [0.2, 0.25) is 5.02 Å².